The first-order valence-corrected chi connectivity index (χ1v) is 10.9. The number of hydrogen-bond acceptors (Lipinski definition) is 4. The van der Waals surface area contributed by atoms with Gasteiger partial charge in [0.15, 0.2) is 0 Å². The zero-order valence-corrected chi connectivity index (χ0v) is 18.5. The molecule has 2 aromatic carbocycles. The fourth-order valence-electron chi connectivity index (χ4n) is 3.32. The van der Waals surface area contributed by atoms with E-state index in [1.165, 1.54) is 13.2 Å². The molecule has 2 aromatic rings. The molecule has 0 unspecified atom stereocenters. The number of methoxy groups -OCH3 is 1. The smallest absolute Gasteiger partial charge is 0.383 e. The number of amides is 1. The Bertz CT molecular complexity index is 1030. The lowest BCUT2D eigenvalue weighted by Gasteiger charge is -2.26. The third-order valence-corrected chi connectivity index (χ3v) is 6.61. The first-order valence-electron chi connectivity index (χ1n) is 9.41. The second-order valence-corrected chi connectivity index (χ2v) is 8.93. The zero-order chi connectivity index (χ0) is 23.4. The monoisotopic (exact) mass is 458 g/mol. The number of sulfonamides is 1. The number of ether oxygens (including phenoxy) is 1. The molecular weight excluding hydrogens is 433 g/mol. The van der Waals surface area contributed by atoms with Crippen LogP contribution in [0.4, 0.5) is 18.9 Å². The Morgan fingerprint density at radius 1 is 1.10 bits per heavy atom. The fourth-order valence-corrected chi connectivity index (χ4v) is 5.15. The number of rotatable bonds is 8. The van der Waals surface area contributed by atoms with Crippen molar-refractivity contribution in [3.05, 3.63) is 58.7 Å². The van der Waals surface area contributed by atoms with Crippen LogP contribution in [0.3, 0.4) is 0 Å². The lowest BCUT2D eigenvalue weighted by molar-refractivity contribution is -0.137. The van der Waals surface area contributed by atoms with Gasteiger partial charge in [-0.1, -0.05) is 23.8 Å². The van der Waals surface area contributed by atoms with Crippen molar-refractivity contribution in [1.29, 1.82) is 0 Å². The molecule has 0 saturated heterocycles. The second kappa shape index (κ2) is 9.69. The highest BCUT2D eigenvalue weighted by Gasteiger charge is 2.34. The molecule has 10 heteroatoms. The fraction of sp³-hybridized carbons (Fsp3) is 0.381. The molecular formula is C21H25F3N2O4S. The van der Waals surface area contributed by atoms with E-state index in [2.05, 4.69) is 5.32 Å². The maximum atomic E-state index is 13.6. The highest BCUT2D eigenvalue weighted by Crippen LogP contribution is 2.34. The second-order valence-electron chi connectivity index (χ2n) is 7.13. The quantitative estimate of drug-likeness (QED) is 0.614. The number of carbonyl (C=O) groups is 1. The number of aryl methyl sites for hydroxylation is 3. The number of alkyl halides is 3. The van der Waals surface area contributed by atoms with E-state index in [4.69, 9.17) is 4.74 Å². The molecule has 0 aliphatic heterocycles. The lowest BCUT2D eigenvalue weighted by Crippen LogP contribution is -2.42. The molecule has 0 fully saturated rings. The van der Waals surface area contributed by atoms with E-state index in [1.54, 1.807) is 26.0 Å². The van der Waals surface area contributed by atoms with Gasteiger partial charge in [0.05, 0.1) is 22.8 Å². The van der Waals surface area contributed by atoms with Crippen molar-refractivity contribution in [1.82, 2.24) is 5.32 Å². The first kappa shape index (κ1) is 24.7. The van der Waals surface area contributed by atoms with Crippen LogP contribution >= 0.6 is 0 Å². The molecule has 170 valence electrons. The summed E-state index contributed by atoms with van der Waals surface area (Å²) in [5.41, 5.74) is 0.457. The van der Waals surface area contributed by atoms with E-state index in [0.717, 1.165) is 23.8 Å². The summed E-state index contributed by atoms with van der Waals surface area (Å²) in [4.78, 5) is 12.3. The van der Waals surface area contributed by atoms with Crippen LogP contribution in [0.5, 0.6) is 0 Å². The van der Waals surface area contributed by atoms with Crippen LogP contribution in [-0.4, -0.2) is 41.1 Å². The summed E-state index contributed by atoms with van der Waals surface area (Å²) in [6.07, 6.45) is -4.66. The first-order chi connectivity index (χ1) is 14.4. The molecule has 0 atom stereocenters. The van der Waals surface area contributed by atoms with E-state index in [1.807, 2.05) is 6.92 Å². The third-order valence-electron chi connectivity index (χ3n) is 4.53. The Balaban J connectivity index is 2.59. The molecule has 1 amide bonds. The minimum atomic E-state index is -4.66. The molecule has 0 aromatic heterocycles. The highest BCUT2D eigenvalue weighted by molar-refractivity contribution is 7.93. The average molecular weight is 459 g/mol. The summed E-state index contributed by atoms with van der Waals surface area (Å²) in [6, 6.07) is 7.24. The van der Waals surface area contributed by atoms with Crippen LogP contribution in [-0.2, 0) is 25.7 Å². The van der Waals surface area contributed by atoms with Crippen LogP contribution < -0.4 is 9.62 Å². The van der Waals surface area contributed by atoms with Gasteiger partial charge in [-0.25, -0.2) is 8.42 Å². The normalized spacial score (nSPS) is 12.0. The van der Waals surface area contributed by atoms with Crippen molar-refractivity contribution in [3.63, 3.8) is 0 Å². The van der Waals surface area contributed by atoms with Gasteiger partial charge in [0.2, 0.25) is 5.91 Å². The van der Waals surface area contributed by atoms with Crippen molar-refractivity contribution in [3.8, 4) is 0 Å². The molecule has 0 aliphatic rings. The Morgan fingerprint density at radius 2 is 1.71 bits per heavy atom. The van der Waals surface area contributed by atoms with E-state index in [0.29, 0.717) is 15.4 Å². The number of nitrogens with zero attached hydrogens (tertiary/aromatic N) is 1. The van der Waals surface area contributed by atoms with Gasteiger partial charge in [0.1, 0.15) is 6.54 Å². The van der Waals surface area contributed by atoms with Crippen LogP contribution in [0.15, 0.2) is 41.3 Å². The lowest BCUT2D eigenvalue weighted by atomic mass is 10.1. The van der Waals surface area contributed by atoms with E-state index < -0.39 is 34.2 Å². The molecule has 0 radical (unpaired) electrons. The van der Waals surface area contributed by atoms with Gasteiger partial charge >= 0.3 is 6.18 Å². The Labute approximate surface area is 180 Å². The molecule has 0 spiro atoms. The number of halogens is 3. The molecule has 1 N–H and O–H groups in total. The summed E-state index contributed by atoms with van der Waals surface area (Å²) < 4.78 is 72.3. The van der Waals surface area contributed by atoms with E-state index in [9.17, 15) is 26.4 Å². The molecule has 0 bridgehead atoms. The number of carbonyl (C=O) groups excluding carboxylic acids is 1. The van der Waals surface area contributed by atoms with Gasteiger partial charge < -0.3 is 10.1 Å². The van der Waals surface area contributed by atoms with Crippen LogP contribution in [0.1, 0.15) is 22.3 Å². The maximum Gasteiger partial charge on any atom is 0.416 e. The van der Waals surface area contributed by atoms with Crippen LogP contribution in [0.25, 0.3) is 0 Å². The zero-order valence-electron chi connectivity index (χ0n) is 17.7. The Morgan fingerprint density at radius 3 is 2.26 bits per heavy atom. The van der Waals surface area contributed by atoms with Gasteiger partial charge in [-0.15, -0.1) is 0 Å². The summed E-state index contributed by atoms with van der Waals surface area (Å²) in [6.45, 7) is 4.68. The Hall–Kier alpha value is -2.59. The van der Waals surface area contributed by atoms with E-state index in [-0.39, 0.29) is 23.7 Å². The standard InChI is InChI=1S/C21H25F3N2O4S/c1-14-10-15(2)20(16(3)11-14)31(28,29)26(13-19(27)25-8-9-30-4)18-7-5-6-17(12-18)21(22,23)24/h5-7,10-12H,8-9,13H2,1-4H3,(H,25,27). The SMILES string of the molecule is COCCNC(=O)CN(c1cccc(C(F)(F)F)c1)S(=O)(=O)c1c(C)cc(C)cc1C. The van der Waals surface area contributed by atoms with Crippen molar-refractivity contribution >= 4 is 21.6 Å². The average Bonchev–Trinajstić information content (AvgIpc) is 2.64. The van der Waals surface area contributed by atoms with Crippen molar-refractivity contribution in [2.24, 2.45) is 0 Å². The minimum Gasteiger partial charge on any atom is -0.383 e. The van der Waals surface area contributed by atoms with Crippen molar-refractivity contribution in [2.45, 2.75) is 31.8 Å². The predicted molar refractivity (Wildman–Crippen MR) is 112 cm³/mol. The number of hydrogen-bond donors (Lipinski definition) is 1. The van der Waals surface area contributed by atoms with Crippen LogP contribution in [0, 0.1) is 20.8 Å². The number of nitrogens with one attached hydrogen (secondary N) is 1. The molecule has 0 saturated carbocycles. The topological polar surface area (TPSA) is 75.7 Å². The summed E-state index contributed by atoms with van der Waals surface area (Å²) >= 11 is 0. The summed E-state index contributed by atoms with van der Waals surface area (Å²) in [5, 5.41) is 2.50. The van der Waals surface area contributed by atoms with Crippen molar-refractivity contribution < 1.29 is 31.1 Å². The number of anilines is 1. The van der Waals surface area contributed by atoms with E-state index >= 15 is 0 Å². The molecule has 31 heavy (non-hydrogen) atoms. The van der Waals surface area contributed by atoms with Crippen LogP contribution in [0.2, 0.25) is 0 Å². The van der Waals surface area contributed by atoms with Gasteiger partial charge in [-0.2, -0.15) is 13.2 Å². The van der Waals surface area contributed by atoms with Gasteiger partial charge in [0.25, 0.3) is 10.0 Å². The Kier molecular flexibility index (Phi) is 7.72. The third kappa shape index (κ3) is 5.98. The molecule has 0 heterocycles. The number of benzene rings is 2. The van der Waals surface area contributed by atoms with Gasteiger partial charge in [-0.3, -0.25) is 9.10 Å². The highest BCUT2D eigenvalue weighted by atomic mass is 32.2. The molecule has 6 nitrogen and oxygen atoms in total. The summed E-state index contributed by atoms with van der Waals surface area (Å²) in [7, 11) is -2.91. The maximum absolute atomic E-state index is 13.6. The van der Waals surface area contributed by atoms with Gasteiger partial charge in [0, 0.05) is 13.7 Å². The summed E-state index contributed by atoms with van der Waals surface area (Å²) in [5.74, 6) is -0.666. The van der Waals surface area contributed by atoms with Gasteiger partial charge in [-0.05, 0) is 50.1 Å². The largest absolute Gasteiger partial charge is 0.416 e. The predicted octanol–water partition coefficient (Wildman–Crippen LogP) is 3.59. The minimum absolute atomic E-state index is 0.0415. The molecule has 2 rings (SSSR count). The molecule has 0 aliphatic carbocycles. The van der Waals surface area contributed by atoms with Crippen molar-refractivity contribution in [2.75, 3.05) is 31.1 Å².